The largest absolute Gasteiger partial charge is 0.396 e. The van der Waals surface area contributed by atoms with E-state index in [1.165, 1.54) is 25.3 Å². The minimum atomic E-state index is -0.665. The number of carbonyl (C=O) groups excluding carboxylic acids is 1. The number of benzene rings is 1. The van der Waals surface area contributed by atoms with Gasteiger partial charge in [0, 0.05) is 19.3 Å². The van der Waals surface area contributed by atoms with Gasteiger partial charge in [-0.05, 0) is 47.5 Å². The summed E-state index contributed by atoms with van der Waals surface area (Å²) in [7, 11) is 1.52. The molecule has 1 rings (SSSR count). The number of aliphatic hydroxyl groups excluding tert-OH is 1. The first kappa shape index (κ1) is 16.1. The molecule has 0 bridgehead atoms. The second-order valence-electron chi connectivity index (χ2n) is 4.55. The van der Waals surface area contributed by atoms with Gasteiger partial charge in [-0.1, -0.05) is 0 Å². The molecule has 1 unspecified atom stereocenters. The Morgan fingerprint density at radius 3 is 2.79 bits per heavy atom. The van der Waals surface area contributed by atoms with Crippen LogP contribution in [0.3, 0.4) is 0 Å². The van der Waals surface area contributed by atoms with E-state index in [9.17, 15) is 9.18 Å². The van der Waals surface area contributed by atoms with Gasteiger partial charge in [0.25, 0.3) is 5.91 Å². The van der Waals surface area contributed by atoms with Crippen LogP contribution < -0.4 is 5.32 Å². The third-order valence-electron chi connectivity index (χ3n) is 2.72. The summed E-state index contributed by atoms with van der Waals surface area (Å²) in [5.41, 5.74) is -0.324. The molecular weight excluding hydrogens is 317 g/mol. The third-order valence-corrected chi connectivity index (χ3v) is 3.33. The van der Waals surface area contributed by atoms with Gasteiger partial charge in [0.2, 0.25) is 0 Å². The molecule has 0 aromatic heterocycles. The zero-order chi connectivity index (χ0) is 14.5. The zero-order valence-corrected chi connectivity index (χ0v) is 12.5. The van der Waals surface area contributed by atoms with Crippen molar-refractivity contribution < 1.29 is 19.0 Å². The standard InChI is InChI=1S/C13H17BrFNO3/c1-13(5-6-17,8-19-2)16-12(18)9-3-4-11(15)10(14)7-9/h3-4,7,17H,5-6,8H2,1-2H3,(H,16,18). The molecule has 2 N–H and O–H groups in total. The van der Waals surface area contributed by atoms with Crippen LogP contribution in [0, 0.1) is 5.82 Å². The van der Waals surface area contributed by atoms with Gasteiger partial charge < -0.3 is 15.2 Å². The van der Waals surface area contributed by atoms with E-state index in [-0.39, 0.29) is 23.6 Å². The summed E-state index contributed by atoms with van der Waals surface area (Å²) in [6.07, 6.45) is 0.370. The molecule has 0 aliphatic rings. The summed E-state index contributed by atoms with van der Waals surface area (Å²) in [5.74, 6) is -0.764. The number of hydrogen-bond donors (Lipinski definition) is 2. The Hall–Kier alpha value is -0.980. The van der Waals surface area contributed by atoms with Crippen LogP contribution in [-0.2, 0) is 4.74 Å². The predicted molar refractivity (Wildman–Crippen MR) is 73.6 cm³/mol. The first-order chi connectivity index (χ1) is 8.91. The van der Waals surface area contributed by atoms with Gasteiger partial charge in [-0.3, -0.25) is 4.79 Å². The molecule has 1 atom stereocenters. The molecular formula is C13H17BrFNO3. The van der Waals surface area contributed by atoms with Crippen LogP contribution in [0.1, 0.15) is 23.7 Å². The Bertz CT molecular complexity index is 448. The van der Waals surface area contributed by atoms with Crippen molar-refractivity contribution in [3.63, 3.8) is 0 Å². The molecule has 0 radical (unpaired) electrons. The minimum Gasteiger partial charge on any atom is -0.396 e. The van der Waals surface area contributed by atoms with Crippen molar-refractivity contribution in [1.29, 1.82) is 0 Å². The number of aliphatic hydroxyl groups is 1. The molecule has 0 aliphatic heterocycles. The number of ether oxygens (including phenoxy) is 1. The maximum absolute atomic E-state index is 13.1. The SMILES string of the molecule is COCC(C)(CCO)NC(=O)c1ccc(F)c(Br)c1. The highest BCUT2D eigenvalue weighted by atomic mass is 79.9. The van der Waals surface area contributed by atoms with Gasteiger partial charge in [0.1, 0.15) is 5.82 Å². The highest BCUT2D eigenvalue weighted by molar-refractivity contribution is 9.10. The van der Waals surface area contributed by atoms with Crippen LogP contribution in [-0.4, -0.2) is 36.9 Å². The summed E-state index contributed by atoms with van der Waals surface area (Å²) in [5, 5.41) is 11.8. The van der Waals surface area contributed by atoms with Crippen molar-refractivity contribution in [1.82, 2.24) is 5.32 Å². The highest BCUT2D eigenvalue weighted by Crippen LogP contribution is 2.18. The fraction of sp³-hybridized carbons (Fsp3) is 0.462. The highest BCUT2D eigenvalue weighted by Gasteiger charge is 2.26. The van der Waals surface area contributed by atoms with Gasteiger partial charge in [-0.25, -0.2) is 4.39 Å². The van der Waals surface area contributed by atoms with Gasteiger partial charge in [-0.15, -0.1) is 0 Å². The van der Waals surface area contributed by atoms with Crippen molar-refractivity contribution in [3.05, 3.63) is 34.1 Å². The van der Waals surface area contributed by atoms with E-state index in [1.807, 2.05) is 0 Å². The summed E-state index contributed by atoms with van der Waals surface area (Å²) < 4.78 is 18.4. The molecule has 106 valence electrons. The number of rotatable bonds is 6. The van der Waals surface area contributed by atoms with Crippen LogP contribution in [0.15, 0.2) is 22.7 Å². The predicted octanol–water partition coefficient (Wildman–Crippen LogP) is 2.11. The summed E-state index contributed by atoms with van der Waals surface area (Å²) in [6.45, 7) is 2.00. The van der Waals surface area contributed by atoms with Crippen molar-refractivity contribution in [2.75, 3.05) is 20.3 Å². The molecule has 0 fully saturated rings. The van der Waals surface area contributed by atoms with E-state index in [1.54, 1.807) is 6.92 Å². The van der Waals surface area contributed by atoms with Gasteiger partial charge in [0.05, 0.1) is 16.6 Å². The molecule has 0 heterocycles. The lowest BCUT2D eigenvalue weighted by Gasteiger charge is -2.29. The van der Waals surface area contributed by atoms with Gasteiger partial charge in [0.15, 0.2) is 0 Å². The Morgan fingerprint density at radius 2 is 2.26 bits per heavy atom. The Labute approximate surface area is 120 Å². The topological polar surface area (TPSA) is 58.6 Å². The van der Waals surface area contributed by atoms with Crippen LogP contribution >= 0.6 is 15.9 Å². The van der Waals surface area contributed by atoms with Crippen molar-refractivity contribution in [2.24, 2.45) is 0 Å². The molecule has 1 amide bonds. The summed E-state index contributed by atoms with van der Waals surface area (Å²) in [4.78, 5) is 12.1. The first-order valence-corrected chi connectivity index (χ1v) is 6.58. The van der Waals surface area contributed by atoms with Gasteiger partial charge in [-0.2, -0.15) is 0 Å². The average Bonchev–Trinajstić information content (AvgIpc) is 2.32. The van der Waals surface area contributed by atoms with Crippen LogP contribution in [0.4, 0.5) is 4.39 Å². The zero-order valence-electron chi connectivity index (χ0n) is 10.9. The number of hydrogen-bond acceptors (Lipinski definition) is 3. The molecule has 19 heavy (non-hydrogen) atoms. The van der Waals surface area contributed by atoms with E-state index in [0.29, 0.717) is 12.0 Å². The molecule has 4 nitrogen and oxygen atoms in total. The normalized spacial score (nSPS) is 13.9. The van der Waals surface area contributed by atoms with Crippen molar-refractivity contribution in [2.45, 2.75) is 18.9 Å². The van der Waals surface area contributed by atoms with Crippen LogP contribution in [0.25, 0.3) is 0 Å². The maximum atomic E-state index is 13.1. The Balaban J connectivity index is 2.84. The third kappa shape index (κ3) is 4.56. The molecule has 0 spiro atoms. The lowest BCUT2D eigenvalue weighted by atomic mass is 9.98. The van der Waals surface area contributed by atoms with Crippen molar-refractivity contribution >= 4 is 21.8 Å². The fourth-order valence-electron chi connectivity index (χ4n) is 1.72. The fourth-order valence-corrected chi connectivity index (χ4v) is 2.10. The summed E-state index contributed by atoms with van der Waals surface area (Å²) in [6, 6.07) is 4.04. The first-order valence-electron chi connectivity index (χ1n) is 5.79. The number of carbonyl (C=O) groups is 1. The number of halogens is 2. The van der Waals surface area contributed by atoms with Crippen molar-refractivity contribution in [3.8, 4) is 0 Å². The Kier molecular flexibility index (Phi) is 5.90. The quantitative estimate of drug-likeness (QED) is 0.838. The number of methoxy groups -OCH3 is 1. The van der Waals surface area contributed by atoms with E-state index in [2.05, 4.69) is 21.2 Å². The van der Waals surface area contributed by atoms with Gasteiger partial charge >= 0.3 is 0 Å². The molecule has 1 aromatic rings. The smallest absolute Gasteiger partial charge is 0.251 e. The lowest BCUT2D eigenvalue weighted by Crippen LogP contribution is -2.50. The van der Waals surface area contributed by atoms with E-state index < -0.39 is 11.4 Å². The maximum Gasteiger partial charge on any atom is 0.251 e. The summed E-state index contributed by atoms with van der Waals surface area (Å²) >= 11 is 3.04. The lowest BCUT2D eigenvalue weighted by molar-refractivity contribution is 0.0725. The van der Waals surface area contributed by atoms with E-state index in [4.69, 9.17) is 9.84 Å². The van der Waals surface area contributed by atoms with Crippen LogP contribution in [0.2, 0.25) is 0 Å². The van der Waals surface area contributed by atoms with E-state index >= 15 is 0 Å². The minimum absolute atomic E-state index is 0.0622. The Morgan fingerprint density at radius 1 is 1.58 bits per heavy atom. The second-order valence-corrected chi connectivity index (χ2v) is 5.40. The molecule has 1 aromatic carbocycles. The number of amides is 1. The van der Waals surface area contributed by atoms with Crippen LogP contribution in [0.5, 0.6) is 0 Å². The second kappa shape index (κ2) is 6.98. The number of nitrogens with one attached hydrogen (secondary N) is 1. The molecule has 0 aliphatic carbocycles. The average molecular weight is 334 g/mol. The molecule has 6 heteroatoms. The molecule has 0 saturated carbocycles. The molecule has 0 saturated heterocycles. The monoisotopic (exact) mass is 333 g/mol. The van der Waals surface area contributed by atoms with E-state index in [0.717, 1.165) is 0 Å².